The second-order valence-electron chi connectivity index (χ2n) is 6.70. The molecule has 1 atom stereocenters. The number of carbonyl (C=O) groups is 2. The van der Waals surface area contributed by atoms with Crippen molar-refractivity contribution in [3.63, 3.8) is 0 Å². The van der Waals surface area contributed by atoms with E-state index in [1.807, 2.05) is 54.6 Å². The molecule has 3 rings (SSSR count). The molecule has 0 aliphatic carbocycles. The predicted molar refractivity (Wildman–Crippen MR) is 120 cm³/mol. The number of hydrogen-bond acceptors (Lipinski definition) is 4. The Morgan fingerprint density at radius 1 is 1.03 bits per heavy atom. The molecule has 1 unspecified atom stereocenters. The Hall–Kier alpha value is -2.67. The molecule has 29 heavy (non-hydrogen) atoms. The van der Waals surface area contributed by atoms with Gasteiger partial charge in [0.25, 0.3) is 5.91 Å². The molecule has 0 fully saturated rings. The molecule has 0 saturated carbocycles. The lowest BCUT2D eigenvalue weighted by atomic mass is 10.1. The highest BCUT2D eigenvalue weighted by Gasteiger charge is 2.15. The van der Waals surface area contributed by atoms with Crippen LogP contribution in [0.5, 0.6) is 0 Å². The summed E-state index contributed by atoms with van der Waals surface area (Å²) in [6.07, 6.45) is 0. The van der Waals surface area contributed by atoms with Crippen LogP contribution in [0.1, 0.15) is 28.2 Å². The fraction of sp³-hybridized carbons (Fsp3) is 0.182. The lowest BCUT2D eigenvalue weighted by molar-refractivity contribution is -0.117. The van der Waals surface area contributed by atoms with Gasteiger partial charge in [0.15, 0.2) is 0 Å². The van der Waals surface area contributed by atoms with Crippen LogP contribution in [0.3, 0.4) is 0 Å². The predicted octanol–water partition coefficient (Wildman–Crippen LogP) is 5.29. The fourth-order valence-electron chi connectivity index (χ4n) is 2.82. The summed E-state index contributed by atoms with van der Waals surface area (Å²) in [4.78, 5) is 27.1. The number of halogens is 1. The minimum Gasteiger partial charge on any atom is -0.325 e. The van der Waals surface area contributed by atoms with Crippen LogP contribution in [0.15, 0.2) is 66.0 Å². The number of carbonyl (C=O) groups excluding carboxylic acids is 2. The van der Waals surface area contributed by atoms with Crippen molar-refractivity contribution in [3.05, 3.63) is 81.5 Å². The second-order valence-corrected chi connectivity index (χ2v) is 8.09. The van der Waals surface area contributed by atoms with Gasteiger partial charge < -0.3 is 10.6 Å². The van der Waals surface area contributed by atoms with Crippen LogP contribution in [0.25, 0.3) is 0 Å². The summed E-state index contributed by atoms with van der Waals surface area (Å²) in [6.45, 7) is 2.27. The van der Waals surface area contributed by atoms with Crippen molar-refractivity contribution < 1.29 is 9.59 Å². The summed E-state index contributed by atoms with van der Waals surface area (Å²) in [6, 6.07) is 18.4. The van der Waals surface area contributed by atoms with Gasteiger partial charge in [-0.15, -0.1) is 11.3 Å². The molecular weight excluding hydrogens is 406 g/mol. The Balaban J connectivity index is 1.53. The Morgan fingerprint density at radius 2 is 1.72 bits per heavy atom. The zero-order valence-electron chi connectivity index (χ0n) is 16.2. The van der Waals surface area contributed by atoms with Gasteiger partial charge in [-0.3, -0.25) is 14.5 Å². The maximum absolute atomic E-state index is 12.4. The number of benzene rings is 2. The molecule has 0 radical (unpaired) electrons. The molecule has 3 aromatic rings. The first kappa shape index (κ1) is 21.0. The lowest BCUT2D eigenvalue weighted by Gasteiger charge is -2.24. The third-order valence-electron chi connectivity index (χ3n) is 4.56. The first-order chi connectivity index (χ1) is 13.9. The topological polar surface area (TPSA) is 61.4 Å². The van der Waals surface area contributed by atoms with E-state index in [0.29, 0.717) is 21.3 Å². The smallest absolute Gasteiger partial charge is 0.265 e. The molecule has 0 aliphatic heterocycles. The fourth-order valence-corrected chi connectivity index (χ4v) is 3.64. The highest BCUT2D eigenvalue weighted by molar-refractivity contribution is 7.12. The minimum absolute atomic E-state index is 0.0503. The van der Waals surface area contributed by atoms with E-state index < -0.39 is 0 Å². The zero-order valence-corrected chi connectivity index (χ0v) is 17.8. The van der Waals surface area contributed by atoms with Crippen LogP contribution in [-0.2, 0) is 4.79 Å². The third kappa shape index (κ3) is 5.90. The number of rotatable bonds is 7. The lowest BCUT2D eigenvalue weighted by Crippen LogP contribution is -2.32. The average Bonchev–Trinajstić information content (AvgIpc) is 3.24. The molecule has 0 saturated heterocycles. The largest absolute Gasteiger partial charge is 0.325 e. The summed E-state index contributed by atoms with van der Waals surface area (Å²) in [7, 11) is 1.90. The third-order valence-corrected chi connectivity index (χ3v) is 5.66. The van der Waals surface area contributed by atoms with Crippen LogP contribution in [0.4, 0.5) is 11.4 Å². The highest BCUT2D eigenvalue weighted by Crippen LogP contribution is 2.22. The maximum Gasteiger partial charge on any atom is 0.265 e. The highest BCUT2D eigenvalue weighted by atomic mass is 35.5. The van der Waals surface area contributed by atoms with E-state index in [1.165, 1.54) is 11.3 Å². The van der Waals surface area contributed by atoms with Crippen molar-refractivity contribution in [1.82, 2.24) is 4.90 Å². The monoisotopic (exact) mass is 427 g/mol. The molecule has 150 valence electrons. The second kappa shape index (κ2) is 9.69. The summed E-state index contributed by atoms with van der Waals surface area (Å²) >= 11 is 7.44. The van der Waals surface area contributed by atoms with Gasteiger partial charge in [-0.2, -0.15) is 0 Å². The Labute approximate surface area is 179 Å². The Kier molecular flexibility index (Phi) is 7.04. The van der Waals surface area contributed by atoms with Gasteiger partial charge in [0.2, 0.25) is 5.91 Å². The van der Waals surface area contributed by atoms with Crippen molar-refractivity contribution in [2.24, 2.45) is 0 Å². The molecule has 7 heteroatoms. The van der Waals surface area contributed by atoms with Crippen molar-refractivity contribution in [3.8, 4) is 0 Å². The number of nitrogens with one attached hydrogen (secondary N) is 2. The first-order valence-corrected chi connectivity index (χ1v) is 10.4. The van der Waals surface area contributed by atoms with Crippen LogP contribution in [0, 0.1) is 0 Å². The molecule has 2 N–H and O–H groups in total. The van der Waals surface area contributed by atoms with Gasteiger partial charge in [0.05, 0.1) is 11.4 Å². The number of amides is 2. The molecule has 5 nitrogen and oxygen atoms in total. The van der Waals surface area contributed by atoms with Gasteiger partial charge in [0.1, 0.15) is 0 Å². The summed E-state index contributed by atoms with van der Waals surface area (Å²) in [5.41, 5.74) is 2.40. The van der Waals surface area contributed by atoms with E-state index >= 15 is 0 Å². The van der Waals surface area contributed by atoms with Gasteiger partial charge in [0, 0.05) is 22.4 Å². The van der Waals surface area contributed by atoms with E-state index in [0.717, 1.165) is 5.56 Å². The maximum atomic E-state index is 12.4. The van der Waals surface area contributed by atoms with Gasteiger partial charge in [-0.25, -0.2) is 0 Å². The number of nitrogens with zero attached hydrogens (tertiary/aromatic N) is 1. The number of likely N-dealkylation sites (N-methyl/N-ethyl adjacent to an activating group) is 1. The number of anilines is 2. The Bertz CT molecular complexity index is 974. The van der Waals surface area contributed by atoms with E-state index in [-0.39, 0.29) is 24.4 Å². The molecule has 0 bridgehead atoms. The van der Waals surface area contributed by atoms with Gasteiger partial charge >= 0.3 is 0 Å². The van der Waals surface area contributed by atoms with Crippen LogP contribution < -0.4 is 10.6 Å². The summed E-state index contributed by atoms with van der Waals surface area (Å²) in [5.74, 6) is -0.259. The molecule has 0 spiro atoms. The minimum atomic E-state index is -0.145. The summed E-state index contributed by atoms with van der Waals surface area (Å²) < 4.78 is 0. The van der Waals surface area contributed by atoms with Gasteiger partial charge in [-0.1, -0.05) is 29.8 Å². The van der Waals surface area contributed by atoms with Crippen molar-refractivity contribution >= 4 is 46.1 Å². The van der Waals surface area contributed by atoms with E-state index in [9.17, 15) is 9.59 Å². The molecular formula is C22H22ClN3O2S. The summed E-state index contributed by atoms with van der Waals surface area (Å²) in [5, 5.41) is 8.25. The van der Waals surface area contributed by atoms with Crippen molar-refractivity contribution in [1.29, 1.82) is 0 Å². The van der Waals surface area contributed by atoms with Crippen LogP contribution in [-0.4, -0.2) is 30.3 Å². The standard InChI is InChI=1S/C22H22ClN3O2S/c1-15(16-5-3-6-17(23)13-16)26(2)14-21(27)24-18-8-10-19(11-9-18)25-22(28)20-7-4-12-29-20/h3-13,15H,14H2,1-2H3,(H,24,27)(H,25,28). The van der Waals surface area contributed by atoms with Crippen molar-refractivity contribution in [2.45, 2.75) is 13.0 Å². The molecule has 1 heterocycles. The van der Waals surface area contributed by atoms with Crippen LogP contribution >= 0.6 is 22.9 Å². The first-order valence-electron chi connectivity index (χ1n) is 9.13. The normalized spacial score (nSPS) is 11.9. The quantitative estimate of drug-likeness (QED) is 0.538. The molecule has 2 aromatic carbocycles. The van der Waals surface area contributed by atoms with E-state index in [1.54, 1.807) is 30.3 Å². The number of thiophene rings is 1. The molecule has 2 amide bonds. The molecule has 1 aromatic heterocycles. The number of hydrogen-bond donors (Lipinski definition) is 2. The van der Waals surface area contributed by atoms with Crippen LogP contribution in [0.2, 0.25) is 5.02 Å². The zero-order chi connectivity index (χ0) is 20.8. The molecule has 0 aliphatic rings. The van der Waals surface area contributed by atoms with E-state index in [2.05, 4.69) is 10.6 Å². The SMILES string of the molecule is CC(c1cccc(Cl)c1)N(C)CC(=O)Nc1ccc(NC(=O)c2cccs2)cc1. The van der Waals surface area contributed by atoms with Crippen molar-refractivity contribution in [2.75, 3.05) is 24.2 Å². The van der Waals surface area contributed by atoms with Gasteiger partial charge in [-0.05, 0) is 67.4 Å². The van der Waals surface area contributed by atoms with E-state index in [4.69, 9.17) is 11.6 Å². The average molecular weight is 428 g/mol. The Morgan fingerprint density at radius 3 is 2.34 bits per heavy atom.